The van der Waals surface area contributed by atoms with E-state index in [0.29, 0.717) is 5.92 Å². The molecule has 0 saturated carbocycles. The average Bonchev–Trinajstić information content (AvgIpc) is 1.87. The summed E-state index contributed by atoms with van der Waals surface area (Å²) in [7, 11) is 0. The second kappa shape index (κ2) is 4.11. The molecular weight excluding hydrogens is 124 g/mol. The first kappa shape index (κ1) is 9.23. The predicted octanol–water partition coefficient (Wildman–Crippen LogP) is 1.87. The summed E-state index contributed by atoms with van der Waals surface area (Å²) in [6, 6.07) is 0. The predicted molar refractivity (Wildman–Crippen MR) is 42.5 cm³/mol. The number of rotatable bonds is 3. The second-order valence-electron chi connectivity index (χ2n) is 2.88. The lowest BCUT2D eigenvalue weighted by Gasteiger charge is -2.11. The normalized spacial score (nSPS) is 12.7. The van der Waals surface area contributed by atoms with Gasteiger partial charge < -0.3 is 0 Å². The molecule has 10 heavy (non-hydrogen) atoms. The zero-order chi connectivity index (χ0) is 8.15. The highest BCUT2D eigenvalue weighted by Crippen LogP contribution is 2.11. The topological polar surface area (TPSA) is 17.1 Å². The summed E-state index contributed by atoms with van der Waals surface area (Å²) in [5, 5.41) is 0. The van der Waals surface area contributed by atoms with Crippen molar-refractivity contribution < 1.29 is 4.79 Å². The summed E-state index contributed by atoms with van der Waals surface area (Å²) < 4.78 is 0. The Morgan fingerprint density at radius 3 is 2.30 bits per heavy atom. The van der Waals surface area contributed by atoms with E-state index in [2.05, 4.69) is 5.92 Å². The molecule has 0 amide bonds. The fraction of sp³-hybridized carbons (Fsp3) is 0.667. The Morgan fingerprint density at radius 1 is 1.50 bits per heavy atom. The van der Waals surface area contributed by atoms with E-state index < -0.39 is 0 Å². The third-order valence-corrected chi connectivity index (χ3v) is 1.78. The molecular formula is C9H14O. The van der Waals surface area contributed by atoms with Crippen molar-refractivity contribution in [2.45, 2.75) is 27.2 Å². The molecule has 0 aliphatic rings. The molecule has 0 aromatic heterocycles. The maximum Gasteiger partial charge on any atom is 0.147 e. The van der Waals surface area contributed by atoms with Gasteiger partial charge in [0.1, 0.15) is 5.78 Å². The molecule has 0 aromatic rings. The van der Waals surface area contributed by atoms with E-state index in [1.807, 2.05) is 20.8 Å². The van der Waals surface area contributed by atoms with Crippen LogP contribution in [-0.2, 0) is 4.79 Å². The number of ketones is 1. The highest BCUT2D eigenvalue weighted by atomic mass is 16.1. The Morgan fingerprint density at radius 2 is 2.00 bits per heavy atom. The molecule has 1 unspecified atom stereocenters. The van der Waals surface area contributed by atoms with Crippen LogP contribution in [0.5, 0.6) is 0 Å². The van der Waals surface area contributed by atoms with Gasteiger partial charge in [0.05, 0.1) is 6.42 Å². The molecule has 0 saturated heterocycles. The zero-order valence-electron chi connectivity index (χ0n) is 6.85. The van der Waals surface area contributed by atoms with Gasteiger partial charge in [0.15, 0.2) is 0 Å². The summed E-state index contributed by atoms with van der Waals surface area (Å²) >= 11 is 0. The lowest BCUT2D eigenvalue weighted by Crippen LogP contribution is -2.15. The standard InChI is InChI=1S/C9H14O/c1-5-6-9(10)8(4)7(2)3/h1,7-8H,6H2,2-4H3. The van der Waals surface area contributed by atoms with Crippen LogP contribution in [0.3, 0.4) is 0 Å². The number of carbonyl (C=O) groups excluding carboxylic acids is 1. The van der Waals surface area contributed by atoms with E-state index >= 15 is 0 Å². The maximum atomic E-state index is 11.0. The van der Waals surface area contributed by atoms with Crippen LogP contribution in [0.15, 0.2) is 0 Å². The highest BCUT2D eigenvalue weighted by Gasteiger charge is 2.14. The third kappa shape index (κ3) is 2.68. The third-order valence-electron chi connectivity index (χ3n) is 1.78. The SMILES string of the molecule is C#CCC(=O)C(C)C(C)C. The van der Waals surface area contributed by atoms with Gasteiger partial charge in [0.2, 0.25) is 0 Å². The molecule has 0 rings (SSSR count). The molecule has 0 N–H and O–H groups in total. The molecule has 0 aromatic carbocycles. The first-order chi connectivity index (χ1) is 4.59. The number of hydrogen-bond acceptors (Lipinski definition) is 1. The van der Waals surface area contributed by atoms with Gasteiger partial charge >= 0.3 is 0 Å². The molecule has 0 aliphatic carbocycles. The van der Waals surface area contributed by atoms with E-state index in [9.17, 15) is 4.79 Å². The fourth-order valence-electron chi connectivity index (χ4n) is 0.633. The average molecular weight is 138 g/mol. The van der Waals surface area contributed by atoms with E-state index in [4.69, 9.17) is 6.42 Å². The number of carbonyl (C=O) groups is 1. The van der Waals surface area contributed by atoms with E-state index in [-0.39, 0.29) is 18.1 Å². The van der Waals surface area contributed by atoms with Crippen molar-refractivity contribution in [2.24, 2.45) is 11.8 Å². The molecule has 0 radical (unpaired) electrons. The smallest absolute Gasteiger partial charge is 0.147 e. The monoisotopic (exact) mass is 138 g/mol. The fourth-order valence-corrected chi connectivity index (χ4v) is 0.633. The van der Waals surface area contributed by atoms with Crippen LogP contribution >= 0.6 is 0 Å². The summed E-state index contributed by atoms with van der Waals surface area (Å²) in [5.41, 5.74) is 0. The van der Waals surface area contributed by atoms with E-state index in [0.717, 1.165) is 0 Å². The van der Waals surface area contributed by atoms with Crippen LogP contribution in [0.2, 0.25) is 0 Å². The highest BCUT2D eigenvalue weighted by molar-refractivity contribution is 5.82. The summed E-state index contributed by atoms with van der Waals surface area (Å²) in [6.07, 6.45) is 5.27. The Labute approximate surface area is 62.8 Å². The summed E-state index contributed by atoms with van der Waals surface area (Å²) in [4.78, 5) is 11.0. The van der Waals surface area contributed by atoms with Gasteiger partial charge in [-0.2, -0.15) is 0 Å². The molecule has 56 valence electrons. The molecule has 0 spiro atoms. The van der Waals surface area contributed by atoms with Crippen LogP contribution in [0.4, 0.5) is 0 Å². The van der Waals surface area contributed by atoms with Crippen molar-refractivity contribution in [2.75, 3.05) is 0 Å². The van der Waals surface area contributed by atoms with Crippen molar-refractivity contribution in [1.29, 1.82) is 0 Å². The van der Waals surface area contributed by atoms with Gasteiger partial charge in [-0.15, -0.1) is 6.42 Å². The van der Waals surface area contributed by atoms with Gasteiger partial charge in [-0.1, -0.05) is 26.7 Å². The van der Waals surface area contributed by atoms with Gasteiger partial charge in [-0.05, 0) is 5.92 Å². The van der Waals surface area contributed by atoms with Gasteiger partial charge in [-0.25, -0.2) is 0 Å². The molecule has 1 atom stereocenters. The Balaban J connectivity index is 3.85. The first-order valence-electron chi connectivity index (χ1n) is 3.55. The summed E-state index contributed by atoms with van der Waals surface area (Å²) in [5.74, 6) is 3.04. The second-order valence-corrected chi connectivity index (χ2v) is 2.88. The molecule has 0 aliphatic heterocycles. The zero-order valence-corrected chi connectivity index (χ0v) is 6.85. The van der Waals surface area contributed by atoms with Crippen molar-refractivity contribution in [3.63, 3.8) is 0 Å². The number of terminal acetylenes is 1. The Kier molecular flexibility index (Phi) is 3.79. The minimum absolute atomic E-state index is 0.107. The van der Waals surface area contributed by atoms with Crippen molar-refractivity contribution >= 4 is 5.78 Å². The van der Waals surface area contributed by atoms with E-state index in [1.54, 1.807) is 0 Å². The van der Waals surface area contributed by atoms with Crippen molar-refractivity contribution in [3.05, 3.63) is 0 Å². The van der Waals surface area contributed by atoms with Crippen molar-refractivity contribution in [3.8, 4) is 12.3 Å². The van der Waals surface area contributed by atoms with Crippen LogP contribution in [0.25, 0.3) is 0 Å². The molecule has 1 nitrogen and oxygen atoms in total. The largest absolute Gasteiger partial charge is 0.298 e. The molecule has 1 heteroatoms. The van der Waals surface area contributed by atoms with Gasteiger partial charge in [0.25, 0.3) is 0 Å². The Bertz CT molecular complexity index is 151. The number of Topliss-reactive ketones (excluding diaryl/α,β-unsaturated/α-hetero) is 1. The first-order valence-corrected chi connectivity index (χ1v) is 3.55. The van der Waals surface area contributed by atoms with Crippen LogP contribution in [0.1, 0.15) is 27.2 Å². The maximum absolute atomic E-state index is 11.0. The molecule has 0 bridgehead atoms. The quantitative estimate of drug-likeness (QED) is 0.544. The lowest BCUT2D eigenvalue weighted by atomic mass is 9.92. The molecule has 0 fully saturated rings. The van der Waals surface area contributed by atoms with Crippen LogP contribution in [0, 0.1) is 24.2 Å². The minimum atomic E-state index is 0.107. The van der Waals surface area contributed by atoms with Crippen molar-refractivity contribution in [1.82, 2.24) is 0 Å². The summed E-state index contributed by atoms with van der Waals surface area (Å²) in [6.45, 7) is 5.97. The Hall–Kier alpha value is -0.770. The van der Waals surface area contributed by atoms with Gasteiger partial charge in [-0.3, -0.25) is 4.79 Å². The van der Waals surface area contributed by atoms with Gasteiger partial charge in [0, 0.05) is 5.92 Å². The van der Waals surface area contributed by atoms with Crippen LogP contribution in [-0.4, -0.2) is 5.78 Å². The number of hydrogen-bond donors (Lipinski definition) is 0. The van der Waals surface area contributed by atoms with Crippen LogP contribution < -0.4 is 0 Å². The molecule has 0 heterocycles. The van der Waals surface area contributed by atoms with E-state index in [1.165, 1.54) is 0 Å². The minimum Gasteiger partial charge on any atom is -0.298 e. The lowest BCUT2D eigenvalue weighted by molar-refractivity contribution is -0.122.